The van der Waals surface area contributed by atoms with E-state index >= 15 is 0 Å². The van der Waals surface area contributed by atoms with Gasteiger partial charge in [-0.25, -0.2) is 24.5 Å². The van der Waals surface area contributed by atoms with Gasteiger partial charge in [-0.1, -0.05) is 32.9 Å². The van der Waals surface area contributed by atoms with E-state index in [-0.39, 0.29) is 28.6 Å². The molecule has 3 heterocycles. The Morgan fingerprint density at radius 2 is 1.57 bits per heavy atom. The van der Waals surface area contributed by atoms with Crippen LogP contribution in [0, 0.1) is 0 Å². The lowest BCUT2D eigenvalue weighted by Crippen LogP contribution is -2.44. The van der Waals surface area contributed by atoms with E-state index in [0.29, 0.717) is 25.3 Å². The maximum absolute atomic E-state index is 13.4. The highest BCUT2D eigenvalue weighted by Gasteiger charge is 2.43. The Morgan fingerprint density at radius 1 is 0.941 bits per heavy atom. The molecule has 3 aromatic rings. The molecule has 282 valence electrons. The van der Waals surface area contributed by atoms with Gasteiger partial charge in [0.2, 0.25) is 0 Å². The Kier molecular flexibility index (Phi) is 12.3. The van der Waals surface area contributed by atoms with E-state index < -0.39 is 37.9 Å². The maximum atomic E-state index is 13.4. The zero-order valence-corrected chi connectivity index (χ0v) is 33.8. The van der Waals surface area contributed by atoms with E-state index in [1.165, 1.54) is 6.33 Å². The van der Waals surface area contributed by atoms with E-state index in [0.717, 1.165) is 29.2 Å². The van der Waals surface area contributed by atoms with Crippen molar-refractivity contribution in [3.05, 3.63) is 42.5 Å². The molecule has 1 aliphatic heterocycles. The molecule has 1 aromatic carbocycles. The minimum absolute atomic E-state index is 0.0221. The van der Waals surface area contributed by atoms with E-state index in [4.69, 9.17) is 23.4 Å². The number of carbonyl (C=O) groups excluding carboxylic acids is 2. The van der Waals surface area contributed by atoms with Gasteiger partial charge in [0.05, 0.1) is 25.6 Å². The van der Waals surface area contributed by atoms with Crippen LogP contribution in [0.2, 0.25) is 18.1 Å². The Hall–Kier alpha value is -3.59. The molecule has 3 atom stereocenters. The highest BCUT2D eigenvalue weighted by molar-refractivity contribution is 6.74. The lowest BCUT2D eigenvalue weighted by Gasteiger charge is -2.37. The molecule has 13 nitrogen and oxygen atoms in total. The summed E-state index contributed by atoms with van der Waals surface area (Å²) in [4.78, 5) is 43.3. The number of aromatic nitrogens is 4. The van der Waals surface area contributed by atoms with Crippen LogP contribution in [-0.2, 0) is 30.0 Å². The number of imide groups is 1. The van der Waals surface area contributed by atoms with Crippen LogP contribution in [0.3, 0.4) is 0 Å². The zero-order chi connectivity index (χ0) is 37.9. The SMILES string of the molecule is CCN(CC)c1cccc(CO[C@H]2C[C@H](n3cnc4c(N(C(=O)OC(C)(C)C)C(=O)OC(C)(C)C)ncnc43)O[C@@H]2CO[Si](C)(C)C(C)(C)C)c1. The number of imidazole rings is 1. The fraction of sp³-hybridized carbons (Fsp3) is 0.649. The maximum Gasteiger partial charge on any atom is 0.425 e. The van der Waals surface area contributed by atoms with Crippen molar-refractivity contribution in [2.45, 2.75) is 137 Å². The summed E-state index contributed by atoms with van der Waals surface area (Å²) in [7, 11) is -2.10. The van der Waals surface area contributed by atoms with Crippen molar-refractivity contribution in [3.63, 3.8) is 0 Å². The van der Waals surface area contributed by atoms with Gasteiger partial charge in [0.15, 0.2) is 25.3 Å². The molecular weight excluding hydrogens is 669 g/mol. The smallest absolute Gasteiger partial charge is 0.425 e. The quantitative estimate of drug-likeness (QED) is 0.177. The van der Waals surface area contributed by atoms with Gasteiger partial charge in [-0.05, 0) is 91.2 Å². The third-order valence-corrected chi connectivity index (χ3v) is 13.6. The van der Waals surface area contributed by atoms with Crippen molar-refractivity contribution in [2.75, 3.05) is 29.5 Å². The number of rotatable bonds is 11. The summed E-state index contributed by atoms with van der Waals surface area (Å²) in [6.45, 7) is 28.3. The fourth-order valence-corrected chi connectivity index (χ4v) is 6.43. The summed E-state index contributed by atoms with van der Waals surface area (Å²) in [5.41, 5.74) is 1.05. The van der Waals surface area contributed by atoms with Crippen LogP contribution in [0.4, 0.5) is 21.1 Å². The second-order valence-corrected chi connectivity index (χ2v) is 21.3. The van der Waals surface area contributed by atoms with Crippen LogP contribution >= 0.6 is 0 Å². The molecule has 51 heavy (non-hydrogen) atoms. The normalized spacial score (nSPS) is 18.6. The topological polar surface area (TPSA) is 130 Å². The van der Waals surface area contributed by atoms with Crippen molar-refractivity contribution in [3.8, 4) is 0 Å². The van der Waals surface area contributed by atoms with Crippen LogP contribution < -0.4 is 9.80 Å². The van der Waals surface area contributed by atoms with Crippen molar-refractivity contribution in [1.29, 1.82) is 0 Å². The largest absolute Gasteiger partial charge is 0.443 e. The first kappa shape index (κ1) is 40.2. The second kappa shape index (κ2) is 15.6. The Morgan fingerprint density at radius 3 is 2.14 bits per heavy atom. The minimum atomic E-state index is -2.10. The molecule has 1 saturated heterocycles. The molecule has 2 aromatic heterocycles. The highest BCUT2D eigenvalue weighted by atomic mass is 28.4. The number of benzene rings is 1. The van der Waals surface area contributed by atoms with Crippen LogP contribution in [0.1, 0.15) is 94.4 Å². The van der Waals surface area contributed by atoms with Gasteiger partial charge in [0, 0.05) is 25.2 Å². The van der Waals surface area contributed by atoms with Crippen molar-refractivity contribution in [2.24, 2.45) is 0 Å². The summed E-state index contributed by atoms with van der Waals surface area (Å²) in [6, 6.07) is 8.42. The molecule has 0 N–H and O–H groups in total. The molecule has 0 aliphatic carbocycles. The van der Waals surface area contributed by atoms with Gasteiger partial charge in [-0.15, -0.1) is 0 Å². The van der Waals surface area contributed by atoms with Crippen molar-refractivity contribution >= 4 is 43.2 Å². The van der Waals surface area contributed by atoms with Crippen LogP contribution in [-0.4, -0.2) is 83.1 Å². The monoisotopic (exact) mass is 726 g/mol. The van der Waals surface area contributed by atoms with E-state index in [2.05, 4.69) is 91.8 Å². The number of amides is 2. The lowest BCUT2D eigenvalue weighted by atomic mass is 10.1. The molecule has 0 saturated carbocycles. The predicted octanol–water partition coefficient (Wildman–Crippen LogP) is 8.24. The second-order valence-electron chi connectivity index (χ2n) is 16.4. The summed E-state index contributed by atoms with van der Waals surface area (Å²) in [6.07, 6.45) is 0.292. The van der Waals surface area contributed by atoms with Gasteiger partial charge in [-0.3, -0.25) is 4.57 Å². The Balaban J connectivity index is 1.66. The van der Waals surface area contributed by atoms with Crippen LogP contribution in [0.15, 0.2) is 36.9 Å². The molecule has 0 radical (unpaired) electrons. The third-order valence-electron chi connectivity index (χ3n) is 9.11. The number of nitrogens with zero attached hydrogens (tertiary/aromatic N) is 6. The molecule has 0 unspecified atom stereocenters. The first-order chi connectivity index (χ1) is 23.6. The van der Waals surface area contributed by atoms with Gasteiger partial charge >= 0.3 is 12.2 Å². The summed E-state index contributed by atoms with van der Waals surface area (Å²) in [5.74, 6) is -0.0565. The van der Waals surface area contributed by atoms with Gasteiger partial charge in [0.25, 0.3) is 0 Å². The number of fused-ring (bicyclic) bond motifs is 1. The lowest BCUT2D eigenvalue weighted by molar-refractivity contribution is -0.0617. The van der Waals surface area contributed by atoms with E-state index in [1.54, 1.807) is 52.4 Å². The van der Waals surface area contributed by atoms with Gasteiger partial charge in [0.1, 0.15) is 29.9 Å². The van der Waals surface area contributed by atoms with E-state index in [1.807, 2.05) is 0 Å². The first-order valence-corrected chi connectivity index (χ1v) is 20.7. The molecule has 1 fully saturated rings. The Bertz CT molecular complexity index is 1630. The average molecular weight is 727 g/mol. The predicted molar refractivity (Wildman–Crippen MR) is 201 cm³/mol. The summed E-state index contributed by atoms with van der Waals surface area (Å²) < 4.78 is 32.9. The molecule has 1 aliphatic rings. The van der Waals surface area contributed by atoms with Crippen molar-refractivity contribution < 1.29 is 33.0 Å². The van der Waals surface area contributed by atoms with Crippen LogP contribution in [0.25, 0.3) is 11.2 Å². The summed E-state index contributed by atoms with van der Waals surface area (Å²) >= 11 is 0. The third kappa shape index (κ3) is 10.1. The highest BCUT2D eigenvalue weighted by Crippen LogP contribution is 2.39. The zero-order valence-electron chi connectivity index (χ0n) is 32.8. The van der Waals surface area contributed by atoms with Gasteiger partial charge in [-0.2, -0.15) is 4.90 Å². The fourth-order valence-electron chi connectivity index (χ4n) is 5.42. The average Bonchev–Trinajstić information content (AvgIpc) is 3.62. The first-order valence-electron chi connectivity index (χ1n) is 17.8. The minimum Gasteiger partial charge on any atom is -0.443 e. The van der Waals surface area contributed by atoms with Crippen LogP contribution in [0.5, 0.6) is 0 Å². The number of hydrogen-bond donors (Lipinski definition) is 0. The number of hydrogen-bond acceptors (Lipinski definition) is 11. The van der Waals surface area contributed by atoms with Gasteiger partial charge < -0.3 is 28.3 Å². The number of carbonyl (C=O) groups is 2. The molecule has 0 spiro atoms. The standard InChI is InChI=1S/C37H58N6O7Si/c1-14-41(15-2)26-18-16-17-25(19-26)21-46-27-20-29(48-28(27)22-47-51(12,13)37(9,10)11)42-24-40-30-31(42)38-23-39-32(30)43(33(44)49-35(3,4)5)34(45)50-36(6,7)8/h16-19,23-24,27-29H,14-15,20-22H2,1-13H3/t27-,28+,29+/m0/s1. The number of anilines is 2. The summed E-state index contributed by atoms with van der Waals surface area (Å²) in [5, 5.41) is 0.0221. The Labute approximate surface area is 304 Å². The molecule has 0 bridgehead atoms. The number of ether oxygens (including phenoxy) is 4. The molecular formula is C37H58N6O7Si. The molecule has 14 heteroatoms. The molecule has 2 amide bonds. The van der Waals surface area contributed by atoms with Crippen molar-refractivity contribution in [1.82, 2.24) is 19.5 Å². The van der Waals surface area contributed by atoms with E-state index in [9.17, 15) is 9.59 Å². The molecule has 4 rings (SSSR count).